The van der Waals surface area contributed by atoms with Crippen LogP contribution in [0.2, 0.25) is 0 Å². The minimum atomic E-state index is -0.182. The maximum Gasteiger partial charge on any atom is 0.133 e. The summed E-state index contributed by atoms with van der Waals surface area (Å²) in [5, 5.41) is 10.2. The van der Waals surface area contributed by atoms with Crippen LogP contribution in [-0.2, 0) is 9.47 Å². The van der Waals surface area contributed by atoms with Crippen molar-refractivity contribution >= 4 is 5.57 Å². The minimum Gasteiger partial charge on any atom is -0.498 e. The van der Waals surface area contributed by atoms with Crippen LogP contribution in [0.25, 0.3) is 5.57 Å². The van der Waals surface area contributed by atoms with Crippen LogP contribution >= 0.6 is 0 Å². The lowest BCUT2D eigenvalue weighted by atomic mass is 9.85. The second-order valence-electron chi connectivity index (χ2n) is 7.59. The molecule has 5 heteroatoms. The van der Waals surface area contributed by atoms with E-state index in [1.807, 2.05) is 25.3 Å². The molecule has 1 aromatic rings. The summed E-state index contributed by atoms with van der Waals surface area (Å²) in [6, 6.07) is 4.94. The van der Waals surface area contributed by atoms with Gasteiger partial charge in [0.2, 0.25) is 0 Å². The highest BCUT2D eigenvalue weighted by Gasteiger charge is 2.43. The van der Waals surface area contributed by atoms with Crippen LogP contribution in [0.3, 0.4) is 0 Å². The largest absolute Gasteiger partial charge is 0.498 e. The van der Waals surface area contributed by atoms with Gasteiger partial charge in [-0.25, -0.2) is 0 Å². The first-order valence-corrected chi connectivity index (χ1v) is 9.59. The number of aromatic nitrogens is 1. The Morgan fingerprint density at radius 2 is 2.07 bits per heavy atom. The molecule has 0 amide bonds. The number of aryl methyl sites for hydroxylation is 1. The number of hydrogen-bond acceptors (Lipinski definition) is 5. The lowest BCUT2D eigenvalue weighted by Gasteiger charge is -2.40. The molecule has 2 aliphatic heterocycles. The summed E-state index contributed by atoms with van der Waals surface area (Å²) in [4.78, 5) is 6.61. The Labute approximate surface area is 166 Å². The molecule has 0 bridgehead atoms. The van der Waals surface area contributed by atoms with Crippen LogP contribution in [0.5, 0.6) is 0 Å². The van der Waals surface area contributed by atoms with E-state index in [0.717, 1.165) is 45.7 Å². The van der Waals surface area contributed by atoms with Gasteiger partial charge in [0.15, 0.2) is 0 Å². The topological polar surface area (TPSA) is 58.4 Å². The van der Waals surface area contributed by atoms with Gasteiger partial charge in [0.25, 0.3) is 0 Å². The minimum absolute atomic E-state index is 0.120. The van der Waals surface area contributed by atoms with Crippen molar-refractivity contribution in [2.75, 3.05) is 14.2 Å². The van der Waals surface area contributed by atoms with Crippen LogP contribution in [0.15, 0.2) is 58.8 Å². The molecule has 1 aromatic heterocycles. The predicted octanol–water partition coefficient (Wildman–Crippen LogP) is 3.90. The van der Waals surface area contributed by atoms with E-state index in [-0.39, 0.29) is 18.2 Å². The Morgan fingerprint density at radius 1 is 1.29 bits per heavy atom. The first-order chi connectivity index (χ1) is 13.5. The summed E-state index contributed by atoms with van der Waals surface area (Å²) < 4.78 is 11.2. The fraction of sp³-hybridized carbons (Fsp3) is 0.391. The molecule has 3 unspecified atom stereocenters. The van der Waals surface area contributed by atoms with E-state index < -0.39 is 0 Å². The van der Waals surface area contributed by atoms with Gasteiger partial charge >= 0.3 is 0 Å². The molecule has 5 nitrogen and oxygen atoms in total. The number of hydrogen-bond donors (Lipinski definition) is 0. The third kappa shape index (κ3) is 2.60. The van der Waals surface area contributed by atoms with Crippen molar-refractivity contribution in [1.29, 1.82) is 5.26 Å². The Hall–Kier alpha value is -2.84. The van der Waals surface area contributed by atoms with Crippen LogP contribution < -0.4 is 0 Å². The van der Waals surface area contributed by atoms with Crippen LogP contribution in [-0.4, -0.2) is 42.3 Å². The predicted molar refractivity (Wildman–Crippen MR) is 108 cm³/mol. The van der Waals surface area contributed by atoms with Gasteiger partial charge in [-0.1, -0.05) is 0 Å². The zero-order valence-corrected chi connectivity index (χ0v) is 17.0. The quantitative estimate of drug-likeness (QED) is 0.802. The van der Waals surface area contributed by atoms with Gasteiger partial charge in [0.1, 0.15) is 17.9 Å². The van der Waals surface area contributed by atoms with E-state index in [1.165, 1.54) is 5.57 Å². The molecule has 0 spiro atoms. The van der Waals surface area contributed by atoms with Crippen LogP contribution in [0.4, 0.5) is 0 Å². The monoisotopic (exact) mass is 375 g/mol. The SMILES string of the molecule is COC1=CC2=C3C(C#N)=C(c4ccncc4C)C(C)N3C(C)CC2=CC1OC. The Kier molecular flexibility index (Phi) is 4.60. The molecule has 0 N–H and O–H groups in total. The van der Waals surface area contributed by atoms with E-state index in [4.69, 9.17) is 9.47 Å². The lowest BCUT2D eigenvalue weighted by Crippen LogP contribution is -2.40. The number of methoxy groups -OCH3 is 2. The summed E-state index contributed by atoms with van der Waals surface area (Å²) in [7, 11) is 3.35. The molecule has 0 saturated carbocycles. The molecule has 3 heterocycles. The van der Waals surface area contributed by atoms with Crippen molar-refractivity contribution in [3.63, 3.8) is 0 Å². The van der Waals surface area contributed by atoms with E-state index in [2.05, 4.69) is 35.9 Å². The van der Waals surface area contributed by atoms with Crippen molar-refractivity contribution in [2.45, 2.75) is 45.4 Å². The van der Waals surface area contributed by atoms with Crippen molar-refractivity contribution in [3.05, 3.63) is 69.9 Å². The van der Waals surface area contributed by atoms with Gasteiger partial charge in [-0.3, -0.25) is 4.98 Å². The molecule has 0 radical (unpaired) electrons. The van der Waals surface area contributed by atoms with Crippen molar-refractivity contribution < 1.29 is 9.47 Å². The molecule has 0 fully saturated rings. The average Bonchev–Trinajstić information content (AvgIpc) is 3.00. The number of allylic oxidation sites excluding steroid dienone is 3. The normalized spacial score (nSPS) is 26.4. The molecule has 3 atom stereocenters. The summed E-state index contributed by atoms with van der Waals surface area (Å²) >= 11 is 0. The van der Waals surface area contributed by atoms with E-state index in [1.54, 1.807) is 20.4 Å². The number of ether oxygens (including phenoxy) is 2. The lowest BCUT2D eigenvalue weighted by molar-refractivity contribution is 0.107. The summed E-state index contributed by atoms with van der Waals surface area (Å²) in [6.07, 6.45) is 8.57. The summed E-state index contributed by atoms with van der Waals surface area (Å²) in [5.41, 5.74) is 7.32. The maximum absolute atomic E-state index is 10.2. The number of nitriles is 1. The summed E-state index contributed by atoms with van der Waals surface area (Å²) in [6.45, 7) is 6.46. The highest BCUT2D eigenvalue weighted by atomic mass is 16.5. The zero-order chi connectivity index (χ0) is 20.0. The molecule has 0 saturated heterocycles. The Bertz CT molecular complexity index is 993. The fourth-order valence-corrected chi connectivity index (χ4v) is 4.77. The highest BCUT2D eigenvalue weighted by Crippen LogP contribution is 2.48. The van der Waals surface area contributed by atoms with Crippen LogP contribution in [0, 0.1) is 18.3 Å². The van der Waals surface area contributed by atoms with E-state index in [9.17, 15) is 5.26 Å². The molecule has 1 aliphatic carbocycles. The zero-order valence-electron chi connectivity index (χ0n) is 17.0. The Balaban J connectivity index is 1.99. The fourth-order valence-electron chi connectivity index (χ4n) is 4.77. The molecule has 3 aliphatic rings. The number of nitrogens with zero attached hydrogens (tertiary/aromatic N) is 3. The van der Waals surface area contributed by atoms with Gasteiger partial charge < -0.3 is 14.4 Å². The van der Waals surface area contributed by atoms with Crippen molar-refractivity contribution in [2.24, 2.45) is 0 Å². The number of fused-ring (bicyclic) bond motifs is 2. The molecular formula is C23H25N3O2. The maximum atomic E-state index is 10.2. The first kappa shape index (κ1) is 18.5. The van der Waals surface area contributed by atoms with Crippen molar-refractivity contribution in [1.82, 2.24) is 9.88 Å². The standard InChI is InChI=1S/C23H25N3O2/c1-13-12-25-7-6-17(13)22-15(3)26-14(2)8-16-9-20(27-4)21(28-5)10-18(16)23(26)19(22)11-24/h6-7,9-10,12,14-15,20H,8H2,1-5H3. The molecule has 0 aromatic carbocycles. The Morgan fingerprint density at radius 3 is 2.71 bits per heavy atom. The van der Waals surface area contributed by atoms with Gasteiger partial charge in [-0.05, 0) is 62.1 Å². The average molecular weight is 375 g/mol. The van der Waals surface area contributed by atoms with Gasteiger partial charge in [-0.2, -0.15) is 5.26 Å². The molecule has 28 heavy (non-hydrogen) atoms. The summed E-state index contributed by atoms with van der Waals surface area (Å²) in [5.74, 6) is 0.765. The van der Waals surface area contributed by atoms with E-state index in [0.29, 0.717) is 0 Å². The van der Waals surface area contributed by atoms with E-state index >= 15 is 0 Å². The molecular weight excluding hydrogens is 350 g/mol. The molecule has 144 valence electrons. The number of rotatable bonds is 3. The highest BCUT2D eigenvalue weighted by molar-refractivity contribution is 5.85. The smallest absolute Gasteiger partial charge is 0.133 e. The molecule has 4 rings (SSSR count). The third-order valence-corrected chi connectivity index (χ3v) is 6.02. The second kappa shape index (κ2) is 6.96. The number of pyridine rings is 1. The van der Waals surface area contributed by atoms with Gasteiger partial charge in [-0.15, -0.1) is 0 Å². The first-order valence-electron chi connectivity index (χ1n) is 9.59. The second-order valence-corrected chi connectivity index (χ2v) is 7.59. The van der Waals surface area contributed by atoms with Crippen molar-refractivity contribution in [3.8, 4) is 6.07 Å². The third-order valence-electron chi connectivity index (χ3n) is 6.02. The van der Waals surface area contributed by atoms with Gasteiger partial charge in [0.05, 0.1) is 24.4 Å². The van der Waals surface area contributed by atoms with Gasteiger partial charge in [0, 0.05) is 36.7 Å². The van der Waals surface area contributed by atoms with Crippen LogP contribution in [0.1, 0.15) is 31.4 Å².